The molecule has 1 aliphatic heterocycles. The number of hydrogen-bond acceptors (Lipinski definition) is 4. The molecule has 0 aromatic rings. The Morgan fingerprint density at radius 1 is 1.40 bits per heavy atom. The minimum atomic E-state index is -2.81. The molecule has 0 saturated carbocycles. The Bertz CT molecular complexity index is 290. The normalized spacial score (nSPS) is 29.3. The van der Waals surface area contributed by atoms with Crippen LogP contribution in [0.15, 0.2) is 0 Å². The molecule has 0 aliphatic carbocycles. The third-order valence-electron chi connectivity index (χ3n) is 3.01. The maximum atomic E-state index is 11.0. The lowest BCUT2D eigenvalue weighted by Gasteiger charge is -2.36. The van der Waals surface area contributed by atoms with Crippen LogP contribution >= 0.6 is 0 Å². The average Bonchev–Trinajstić information content (AvgIpc) is 2.09. The molecule has 2 unspecified atom stereocenters. The molecule has 2 N–H and O–H groups in total. The van der Waals surface area contributed by atoms with Gasteiger partial charge in [-0.2, -0.15) is 0 Å². The molecule has 1 rings (SSSR count). The van der Waals surface area contributed by atoms with Gasteiger partial charge in [-0.15, -0.1) is 0 Å². The molecule has 4 nitrogen and oxygen atoms in total. The highest BCUT2D eigenvalue weighted by Crippen LogP contribution is 2.15. The number of sulfone groups is 1. The quantitative estimate of drug-likeness (QED) is 0.756. The van der Waals surface area contributed by atoms with Crippen molar-refractivity contribution in [2.75, 3.05) is 25.1 Å². The van der Waals surface area contributed by atoms with Gasteiger partial charge >= 0.3 is 0 Å². The van der Waals surface area contributed by atoms with Crippen molar-refractivity contribution in [2.45, 2.75) is 38.3 Å². The Labute approximate surface area is 92.7 Å². The summed E-state index contributed by atoms with van der Waals surface area (Å²) in [5, 5.41) is 0. The predicted molar refractivity (Wildman–Crippen MR) is 62.6 cm³/mol. The maximum Gasteiger partial charge on any atom is 0.147 e. The smallest absolute Gasteiger partial charge is 0.147 e. The fourth-order valence-electron chi connectivity index (χ4n) is 2.05. The van der Waals surface area contributed by atoms with Crippen LogP contribution in [-0.2, 0) is 9.84 Å². The van der Waals surface area contributed by atoms with Crippen molar-refractivity contribution in [3.05, 3.63) is 0 Å². The zero-order valence-corrected chi connectivity index (χ0v) is 10.5. The monoisotopic (exact) mass is 234 g/mol. The molecule has 0 radical (unpaired) electrons. The van der Waals surface area contributed by atoms with Crippen molar-refractivity contribution in [2.24, 2.45) is 5.73 Å². The largest absolute Gasteiger partial charge is 0.327 e. The average molecular weight is 234 g/mol. The van der Waals surface area contributed by atoms with Crippen LogP contribution in [0.3, 0.4) is 0 Å². The molecular weight excluding hydrogens is 212 g/mol. The van der Waals surface area contributed by atoms with Crippen molar-refractivity contribution >= 4 is 9.84 Å². The SMILES string of the molecule is CC1CCC(N)CN1CCCS(C)(=O)=O. The summed E-state index contributed by atoms with van der Waals surface area (Å²) < 4.78 is 22.0. The van der Waals surface area contributed by atoms with Crippen molar-refractivity contribution in [3.8, 4) is 0 Å². The summed E-state index contributed by atoms with van der Waals surface area (Å²) in [6.07, 6.45) is 4.22. The van der Waals surface area contributed by atoms with E-state index in [1.165, 1.54) is 6.26 Å². The van der Waals surface area contributed by atoms with Crippen LogP contribution in [0, 0.1) is 0 Å². The van der Waals surface area contributed by atoms with E-state index in [9.17, 15) is 8.42 Å². The van der Waals surface area contributed by atoms with Crippen LogP contribution in [-0.4, -0.2) is 50.5 Å². The molecule has 1 aliphatic rings. The van der Waals surface area contributed by atoms with Crippen molar-refractivity contribution in [3.63, 3.8) is 0 Å². The number of nitrogens with two attached hydrogens (primary N) is 1. The summed E-state index contributed by atoms with van der Waals surface area (Å²) in [7, 11) is -2.81. The Morgan fingerprint density at radius 2 is 2.07 bits per heavy atom. The van der Waals surface area contributed by atoms with E-state index in [1.54, 1.807) is 0 Å². The summed E-state index contributed by atoms with van der Waals surface area (Å²) in [5.74, 6) is 0.283. The van der Waals surface area contributed by atoms with Gasteiger partial charge in [0.1, 0.15) is 9.84 Å². The number of hydrogen-bond donors (Lipinski definition) is 1. The lowest BCUT2D eigenvalue weighted by atomic mass is 10.00. The van der Waals surface area contributed by atoms with Crippen LogP contribution < -0.4 is 5.73 Å². The Morgan fingerprint density at radius 3 is 2.67 bits per heavy atom. The third kappa shape index (κ3) is 4.95. The molecule has 0 bridgehead atoms. The van der Waals surface area contributed by atoms with E-state index in [2.05, 4.69) is 11.8 Å². The molecule has 1 fully saturated rings. The van der Waals surface area contributed by atoms with Gasteiger partial charge in [-0.1, -0.05) is 0 Å². The van der Waals surface area contributed by atoms with Gasteiger partial charge in [-0.05, 0) is 32.7 Å². The summed E-state index contributed by atoms with van der Waals surface area (Å²) in [6, 6.07) is 0.809. The fourth-order valence-corrected chi connectivity index (χ4v) is 2.71. The van der Waals surface area contributed by atoms with E-state index in [-0.39, 0.29) is 11.8 Å². The minimum absolute atomic E-state index is 0.263. The first-order chi connectivity index (χ1) is 6.88. The van der Waals surface area contributed by atoms with Gasteiger partial charge in [0.15, 0.2) is 0 Å². The maximum absolute atomic E-state index is 11.0. The van der Waals surface area contributed by atoms with Gasteiger partial charge in [-0.25, -0.2) is 8.42 Å². The van der Waals surface area contributed by atoms with E-state index < -0.39 is 9.84 Å². The second kappa shape index (κ2) is 5.27. The zero-order valence-electron chi connectivity index (χ0n) is 9.65. The van der Waals surface area contributed by atoms with E-state index in [1.807, 2.05) is 0 Å². The standard InChI is InChI=1S/C10H22N2O2S/c1-9-4-5-10(11)8-12(9)6-3-7-15(2,13)14/h9-10H,3-8,11H2,1-2H3. The van der Waals surface area contributed by atoms with Crippen LogP contribution in [0.1, 0.15) is 26.2 Å². The second-order valence-corrected chi connectivity index (χ2v) is 6.92. The van der Waals surface area contributed by atoms with Crippen molar-refractivity contribution < 1.29 is 8.42 Å². The minimum Gasteiger partial charge on any atom is -0.327 e. The molecule has 5 heteroatoms. The van der Waals surface area contributed by atoms with Gasteiger partial charge in [0, 0.05) is 24.9 Å². The van der Waals surface area contributed by atoms with Gasteiger partial charge < -0.3 is 5.73 Å². The van der Waals surface area contributed by atoms with E-state index in [4.69, 9.17) is 5.73 Å². The van der Waals surface area contributed by atoms with Gasteiger partial charge in [0.2, 0.25) is 0 Å². The van der Waals surface area contributed by atoms with Gasteiger partial charge in [0.05, 0.1) is 5.75 Å². The molecular formula is C10H22N2O2S. The zero-order chi connectivity index (χ0) is 11.5. The third-order valence-corrected chi connectivity index (χ3v) is 4.04. The van der Waals surface area contributed by atoms with Crippen molar-refractivity contribution in [1.29, 1.82) is 0 Å². The Balaban J connectivity index is 2.30. The van der Waals surface area contributed by atoms with E-state index in [0.29, 0.717) is 6.04 Å². The van der Waals surface area contributed by atoms with Crippen molar-refractivity contribution in [1.82, 2.24) is 4.90 Å². The van der Waals surface area contributed by atoms with Crippen LogP contribution in [0.2, 0.25) is 0 Å². The first-order valence-electron chi connectivity index (χ1n) is 5.56. The van der Waals surface area contributed by atoms with E-state index in [0.717, 1.165) is 32.4 Å². The number of rotatable bonds is 4. The highest BCUT2D eigenvalue weighted by molar-refractivity contribution is 7.90. The Kier molecular flexibility index (Phi) is 4.55. The first-order valence-corrected chi connectivity index (χ1v) is 7.62. The molecule has 0 aromatic heterocycles. The van der Waals surface area contributed by atoms with Crippen LogP contribution in [0.4, 0.5) is 0 Å². The molecule has 90 valence electrons. The summed E-state index contributed by atoms with van der Waals surface area (Å²) in [6.45, 7) is 3.94. The second-order valence-electron chi connectivity index (χ2n) is 4.66. The molecule has 0 spiro atoms. The fraction of sp³-hybridized carbons (Fsp3) is 1.00. The summed E-state index contributed by atoms with van der Waals surface area (Å²) in [4.78, 5) is 2.30. The number of piperidine rings is 1. The topological polar surface area (TPSA) is 63.4 Å². The lowest BCUT2D eigenvalue weighted by molar-refractivity contribution is 0.146. The molecule has 0 amide bonds. The summed E-state index contributed by atoms with van der Waals surface area (Å²) in [5.41, 5.74) is 5.88. The lowest BCUT2D eigenvalue weighted by Crippen LogP contribution is -2.47. The predicted octanol–water partition coefficient (Wildman–Crippen LogP) is 0.233. The first kappa shape index (κ1) is 12.9. The van der Waals surface area contributed by atoms with E-state index >= 15 is 0 Å². The summed E-state index contributed by atoms with van der Waals surface area (Å²) >= 11 is 0. The van der Waals surface area contributed by atoms with Gasteiger partial charge in [-0.3, -0.25) is 4.90 Å². The van der Waals surface area contributed by atoms with Gasteiger partial charge in [0.25, 0.3) is 0 Å². The molecule has 1 saturated heterocycles. The highest BCUT2D eigenvalue weighted by Gasteiger charge is 2.22. The molecule has 2 atom stereocenters. The van der Waals surface area contributed by atoms with Crippen LogP contribution in [0.25, 0.3) is 0 Å². The molecule has 0 aromatic carbocycles. The molecule has 1 heterocycles. The highest BCUT2D eigenvalue weighted by atomic mass is 32.2. The number of likely N-dealkylation sites (tertiary alicyclic amines) is 1. The van der Waals surface area contributed by atoms with Crippen LogP contribution in [0.5, 0.6) is 0 Å². The Hall–Kier alpha value is -0.130. The number of nitrogens with zero attached hydrogens (tertiary/aromatic N) is 1. The molecule has 15 heavy (non-hydrogen) atoms.